The van der Waals surface area contributed by atoms with Gasteiger partial charge in [-0.15, -0.1) is 0 Å². The van der Waals surface area contributed by atoms with Crippen LogP contribution in [0.15, 0.2) is 24.3 Å². The van der Waals surface area contributed by atoms with Gasteiger partial charge in [-0.05, 0) is 30.4 Å². The predicted molar refractivity (Wildman–Crippen MR) is 86.2 cm³/mol. The van der Waals surface area contributed by atoms with Gasteiger partial charge in [-0.3, -0.25) is 14.4 Å². The van der Waals surface area contributed by atoms with Crippen LogP contribution in [0.4, 0.5) is 5.69 Å². The molecule has 1 saturated carbocycles. The Morgan fingerprint density at radius 3 is 2.43 bits per heavy atom. The van der Waals surface area contributed by atoms with Crippen LogP contribution in [0, 0.1) is 5.41 Å². The van der Waals surface area contributed by atoms with Crippen LogP contribution in [-0.4, -0.2) is 28.9 Å². The van der Waals surface area contributed by atoms with Gasteiger partial charge in [-0.1, -0.05) is 26.0 Å². The van der Waals surface area contributed by atoms with E-state index >= 15 is 0 Å². The molecule has 0 unspecified atom stereocenters. The largest absolute Gasteiger partial charge is 0.481 e. The van der Waals surface area contributed by atoms with Crippen molar-refractivity contribution in [2.24, 2.45) is 5.41 Å². The third-order valence-corrected chi connectivity index (χ3v) is 3.63. The maximum absolute atomic E-state index is 12.2. The van der Waals surface area contributed by atoms with E-state index in [4.69, 9.17) is 5.11 Å². The Labute approximate surface area is 135 Å². The molecule has 6 heteroatoms. The van der Waals surface area contributed by atoms with Crippen molar-refractivity contribution in [3.05, 3.63) is 29.8 Å². The molecule has 2 rings (SSSR count). The number of anilines is 1. The molecule has 23 heavy (non-hydrogen) atoms. The van der Waals surface area contributed by atoms with Crippen LogP contribution in [0.3, 0.4) is 0 Å². The molecule has 0 atom stereocenters. The predicted octanol–water partition coefficient (Wildman–Crippen LogP) is 2.41. The lowest BCUT2D eigenvalue weighted by Crippen LogP contribution is -2.28. The van der Waals surface area contributed by atoms with Crippen molar-refractivity contribution < 1.29 is 19.5 Å². The Kier molecular flexibility index (Phi) is 5.03. The smallest absolute Gasteiger partial charge is 0.303 e. The molecule has 3 N–H and O–H groups in total. The Balaban J connectivity index is 2.03. The van der Waals surface area contributed by atoms with Crippen molar-refractivity contribution in [1.29, 1.82) is 0 Å². The van der Waals surface area contributed by atoms with E-state index in [-0.39, 0.29) is 30.7 Å². The maximum atomic E-state index is 12.2. The highest BCUT2D eigenvalue weighted by Crippen LogP contribution is 2.26. The van der Waals surface area contributed by atoms with Crippen LogP contribution in [0.5, 0.6) is 0 Å². The van der Waals surface area contributed by atoms with Gasteiger partial charge in [0.25, 0.3) is 5.91 Å². The molecule has 2 amide bonds. The second-order valence-electron chi connectivity index (χ2n) is 6.75. The number of hydrogen-bond acceptors (Lipinski definition) is 3. The van der Waals surface area contributed by atoms with Crippen LogP contribution >= 0.6 is 0 Å². The number of hydrogen-bond donors (Lipinski definition) is 3. The first-order chi connectivity index (χ1) is 10.8. The molecular weight excluding hydrogens is 296 g/mol. The summed E-state index contributed by atoms with van der Waals surface area (Å²) in [6.45, 7) is 3.46. The van der Waals surface area contributed by atoms with Gasteiger partial charge in [0.05, 0.1) is 17.7 Å². The molecule has 0 bridgehead atoms. The summed E-state index contributed by atoms with van der Waals surface area (Å²) in [7, 11) is 0. The fraction of sp³-hybridized carbons (Fsp3) is 0.471. The first kappa shape index (κ1) is 17.0. The van der Waals surface area contributed by atoms with Gasteiger partial charge in [0, 0.05) is 12.5 Å². The lowest BCUT2D eigenvalue weighted by Gasteiger charge is -2.21. The zero-order valence-corrected chi connectivity index (χ0v) is 13.4. The van der Waals surface area contributed by atoms with Gasteiger partial charge in [0.1, 0.15) is 0 Å². The van der Waals surface area contributed by atoms with Gasteiger partial charge < -0.3 is 15.7 Å². The van der Waals surface area contributed by atoms with Gasteiger partial charge >= 0.3 is 5.97 Å². The van der Waals surface area contributed by atoms with Crippen LogP contribution in [-0.2, 0) is 9.59 Å². The van der Waals surface area contributed by atoms with Crippen LogP contribution in [0.25, 0.3) is 0 Å². The first-order valence-electron chi connectivity index (χ1n) is 7.68. The van der Waals surface area contributed by atoms with E-state index < -0.39 is 11.4 Å². The summed E-state index contributed by atoms with van der Waals surface area (Å²) in [5.74, 6) is -1.44. The van der Waals surface area contributed by atoms with E-state index in [9.17, 15) is 14.4 Å². The van der Waals surface area contributed by atoms with E-state index in [1.165, 1.54) is 0 Å². The normalized spacial score (nSPS) is 14.2. The minimum Gasteiger partial charge on any atom is -0.481 e. The molecule has 0 aliphatic heterocycles. The average molecular weight is 318 g/mol. The molecule has 1 aliphatic rings. The number of aliphatic carboxylic acids is 1. The number of nitrogens with one attached hydrogen (secondary N) is 2. The van der Waals surface area contributed by atoms with Crippen molar-refractivity contribution in [2.75, 3.05) is 5.32 Å². The number of amides is 2. The Morgan fingerprint density at radius 1 is 1.17 bits per heavy atom. The molecule has 0 aromatic heterocycles. The fourth-order valence-electron chi connectivity index (χ4n) is 2.38. The van der Waals surface area contributed by atoms with Crippen molar-refractivity contribution in [3.63, 3.8) is 0 Å². The molecule has 1 aliphatic carbocycles. The highest BCUT2D eigenvalue weighted by molar-refractivity contribution is 6.04. The van der Waals surface area contributed by atoms with Gasteiger partial charge in [0.15, 0.2) is 0 Å². The SMILES string of the molecule is CC(C)(CC(=O)O)CC(=O)Nc1ccccc1C(=O)NC1CC1. The number of rotatable bonds is 7. The molecule has 1 aromatic carbocycles. The highest BCUT2D eigenvalue weighted by Gasteiger charge is 2.27. The number of para-hydroxylation sites is 1. The molecule has 0 heterocycles. The number of carboxylic acid groups (broad SMARTS) is 1. The van der Waals surface area contributed by atoms with Gasteiger partial charge in [0.2, 0.25) is 5.91 Å². The van der Waals surface area contributed by atoms with E-state index in [1.54, 1.807) is 38.1 Å². The summed E-state index contributed by atoms with van der Waals surface area (Å²) in [6.07, 6.45) is 1.95. The van der Waals surface area contributed by atoms with Crippen molar-refractivity contribution in [2.45, 2.75) is 45.6 Å². The summed E-state index contributed by atoms with van der Waals surface area (Å²) in [5.41, 5.74) is 0.215. The topological polar surface area (TPSA) is 95.5 Å². The second kappa shape index (κ2) is 6.81. The first-order valence-corrected chi connectivity index (χ1v) is 7.68. The summed E-state index contributed by atoms with van der Waals surface area (Å²) >= 11 is 0. The standard InChI is InChI=1S/C17H22N2O4/c1-17(2,10-15(21)22)9-14(20)19-13-6-4-3-5-12(13)16(23)18-11-7-8-11/h3-6,11H,7-10H2,1-2H3,(H,18,23)(H,19,20)(H,21,22). The minimum absolute atomic E-state index is 0.0673. The lowest BCUT2D eigenvalue weighted by atomic mass is 9.85. The average Bonchev–Trinajstić information content (AvgIpc) is 3.20. The quantitative estimate of drug-likeness (QED) is 0.719. The van der Waals surface area contributed by atoms with Crippen LogP contribution < -0.4 is 10.6 Å². The molecule has 0 radical (unpaired) electrons. The third kappa shape index (κ3) is 5.39. The van der Waals surface area contributed by atoms with Crippen LogP contribution in [0.2, 0.25) is 0 Å². The number of carbonyl (C=O) groups is 3. The van der Waals surface area contributed by atoms with E-state index in [0.717, 1.165) is 12.8 Å². The Bertz CT molecular complexity index is 621. The molecular formula is C17H22N2O4. The van der Waals surface area contributed by atoms with Crippen molar-refractivity contribution in [3.8, 4) is 0 Å². The van der Waals surface area contributed by atoms with Gasteiger partial charge in [-0.2, -0.15) is 0 Å². The molecule has 0 spiro atoms. The molecule has 6 nitrogen and oxygen atoms in total. The fourth-order valence-corrected chi connectivity index (χ4v) is 2.38. The Hall–Kier alpha value is -2.37. The number of carboxylic acids is 1. The number of benzene rings is 1. The Morgan fingerprint density at radius 2 is 1.83 bits per heavy atom. The number of carbonyl (C=O) groups excluding carboxylic acids is 2. The highest BCUT2D eigenvalue weighted by atomic mass is 16.4. The van der Waals surface area contributed by atoms with Gasteiger partial charge in [-0.25, -0.2) is 0 Å². The second-order valence-corrected chi connectivity index (χ2v) is 6.75. The minimum atomic E-state index is -0.938. The summed E-state index contributed by atoms with van der Waals surface area (Å²) < 4.78 is 0. The summed E-state index contributed by atoms with van der Waals surface area (Å²) in [6, 6.07) is 7.05. The van der Waals surface area contributed by atoms with E-state index in [0.29, 0.717) is 11.3 Å². The zero-order valence-electron chi connectivity index (χ0n) is 13.4. The monoisotopic (exact) mass is 318 g/mol. The van der Waals surface area contributed by atoms with Crippen molar-refractivity contribution in [1.82, 2.24) is 5.32 Å². The molecule has 124 valence electrons. The summed E-state index contributed by atoms with van der Waals surface area (Å²) in [5, 5.41) is 14.5. The van der Waals surface area contributed by atoms with E-state index in [1.807, 2.05) is 0 Å². The summed E-state index contributed by atoms with van der Waals surface area (Å²) in [4.78, 5) is 35.2. The van der Waals surface area contributed by atoms with Crippen molar-refractivity contribution >= 4 is 23.5 Å². The lowest BCUT2D eigenvalue weighted by molar-refractivity contribution is -0.139. The molecule has 1 fully saturated rings. The van der Waals surface area contributed by atoms with Crippen LogP contribution in [0.1, 0.15) is 49.9 Å². The zero-order chi connectivity index (χ0) is 17.0. The molecule has 1 aromatic rings. The van der Waals surface area contributed by atoms with E-state index in [2.05, 4.69) is 10.6 Å². The molecule has 0 saturated heterocycles. The maximum Gasteiger partial charge on any atom is 0.303 e. The third-order valence-electron chi connectivity index (χ3n) is 3.63.